The molecule has 0 atom stereocenters. The number of esters is 2. The van der Waals surface area contributed by atoms with Gasteiger partial charge >= 0.3 is 11.9 Å². The maximum Gasteiger partial charge on any atom is 0.417 e. The van der Waals surface area contributed by atoms with E-state index in [1.165, 1.54) is 0 Å². The molecule has 2 saturated heterocycles. The largest absolute Gasteiger partial charge is 0.451 e. The quantitative estimate of drug-likeness (QED) is 0.498. The van der Waals surface area contributed by atoms with Crippen molar-refractivity contribution in [1.29, 1.82) is 0 Å². The van der Waals surface area contributed by atoms with Crippen LogP contribution in [0.2, 0.25) is 0 Å². The fourth-order valence-electron chi connectivity index (χ4n) is 2.11. The minimum Gasteiger partial charge on any atom is -0.451 e. The van der Waals surface area contributed by atoms with E-state index in [2.05, 4.69) is 9.80 Å². The summed E-state index contributed by atoms with van der Waals surface area (Å²) >= 11 is 0. The third kappa shape index (κ3) is 3.00. The van der Waals surface area contributed by atoms with Gasteiger partial charge in [-0.15, -0.1) is 0 Å². The van der Waals surface area contributed by atoms with Gasteiger partial charge in [-0.1, -0.05) is 13.8 Å². The second-order valence-electron chi connectivity index (χ2n) is 4.76. The SMILES string of the molecule is CCN1CC(OC(=O)C(=O)OC2CN(CC)C2)C1. The minimum absolute atomic E-state index is 0.154. The van der Waals surface area contributed by atoms with Gasteiger partial charge in [-0.25, -0.2) is 9.59 Å². The summed E-state index contributed by atoms with van der Waals surface area (Å²) in [5.74, 6) is -1.71. The van der Waals surface area contributed by atoms with Crippen molar-refractivity contribution < 1.29 is 19.1 Å². The number of carbonyl (C=O) groups excluding carboxylic acids is 2. The molecule has 0 saturated carbocycles. The molecule has 0 unspecified atom stereocenters. The van der Waals surface area contributed by atoms with Crippen molar-refractivity contribution in [2.45, 2.75) is 26.1 Å². The molecule has 18 heavy (non-hydrogen) atoms. The lowest BCUT2D eigenvalue weighted by Crippen LogP contribution is -2.55. The highest BCUT2D eigenvalue weighted by Gasteiger charge is 2.34. The van der Waals surface area contributed by atoms with E-state index in [0.29, 0.717) is 26.2 Å². The van der Waals surface area contributed by atoms with Crippen molar-refractivity contribution in [3.63, 3.8) is 0 Å². The molecule has 0 aromatic heterocycles. The average Bonchev–Trinajstić information content (AvgIpc) is 2.26. The highest BCUT2D eigenvalue weighted by Crippen LogP contribution is 2.13. The number of rotatable bonds is 4. The first-order valence-corrected chi connectivity index (χ1v) is 6.48. The molecule has 0 aromatic rings. The molecule has 2 fully saturated rings. The first-order chi connectivity index (χ1) is 8.62. The Kier molecular flexibility index (Phi) is 4.19. The zero-order valence-electron chi connectivity index (χ0n) is 10.9. The Morgan fingerprint density at radius 2 is 1.22 bits per heavy atom. The van der Waals surface area contributed by atoms with Crippen LogP contribution in [0.5, 0.6) is 0 Å². The molecule has 2 rings (SSSR count). The predicted octanol–water partition coefficient (Wildman–Crippen LogP) is -0.519. The number of nitrogens with zero attached hydrogens (tertiary/aromatic N) is 2. The van der Waals surface area contributed by atoms with Crippen molar-refractivity contribution >= 4 is 11.9 Å². The molecule has 0 radical (unpaired) electrons. The number of hydrogen-bond donors (Lipinski definition) is 0. The van der Waals surface area contributed by atoms with Crippen LogP contribution in [0.1, 0.15) is 13.8 Å². The van der Waals surface area contributed by atoms with Crippen LogP contribution >= 0.6 is 0 Å². The third-order valence-electron chi connectivity index (χ3n) is 3.46. The summed E-state index contributed by atoms with van der Waals surface area (Å²) in [6, 6.07) is 0. The summed E-state index contributed by atoms with van der Waals surface area (Å²) in [6.07, 6.45) is -0.308. The number of carbonyl (C=O) groups is 2. The topological polar surface area (TPSA) is 59.1 Å². The number of likely N-dealkylation sites (N-methyl/N-ethyl adjacent to an activating group) is 2. The molecule has 2 aliphatic heterocycles. The summed E-state index contributed by atoms with van der Waals surface area (Å²) in [5.41, 5.74) is 0. The van der Waals surface area contributed by atoms with Crippen LogP contribution in [0, 0.1) is 0 Å². The van der Waals surface area contributed by atoms with Gasteiger partial charge in [0.05, 0.1) is 0 Å². The van der Waals surface area contributed by atoms with E-state index < -0.39 is 11.9 Å². The molecule has 0 aliphatic carbocycles. The smallest absolute Gasteiger partial charge is 0.417 e. The van der Waals surface area contributed by atoms with Gasteiger partial charge in [0.1, 0.15) is 12.2 Å². The van der Waals surface area contributed by atoms with Gasteiger partial charge in [-0.3, -0.25) is 9.80 Å². The first kappa shape index (κ1) is 13.3. The van der Waals surface area contributed by atoms with Gasteiger partial charge in [-0.2, -0.15) is 0 Å². The molecule has 6 heteroatoms. The van der Waals surface area contributed by atoms with Gasteiger partial charge in [0.2, 0.25) is 0 Å². The van der Waals surface area contributed by atoms with Crippen LogP contribution in [0.4, 0.5) is 0 Å². The van der Waals surface area contributed by atoms with E-state index in [1.807, 2.05) is 13.8 Å². The van der Waals surface area contributed by atoms with Crippen LogP contribution < -0.4 is 0 Å². The second-order valence-corrected chi connectivity index (χ2v) is 4.76. The minimum atomic E-state index is -0.856. The molecule has 2 heterocycles. The summed E-state index contributed by atoms with van der Waals surface area (Å²) in [6.45, 7) is 8.81. The maximum atomic E-state index is 11.4. The molecule has 0 aromatic carbocycles. The molecule has 0 spiro atoms. The molecule has 6 nitrogen and oxygen atoms in total. The van der Waals surface area contributed by atoms with Crippen molar-refractivity contribution in [3.8, 4) is 0 Å². The molecular weight excluding hydrogens is 236 g/mol. The highest BCUT2D eigenvalue weighted by molar-refractivity contribution is 6.29. The van der Waals surface area contributed by atoms with Crippen molar-refractivity contribution in [2.24, 2.45) is 0 Å². The van der Waals surface area contributed by atoms with Gasteiger partial charge in [0.15, 0.2) is 0 Å². The van der Waals surface area contributed by atoms with E-state index in [0.717, 1.165) is 13.1 Å². The van der Waals surface area contributed by atoms with E-state index in [4.69, 9.17) is 9.47 Å². The molecule has 0 bridgehead atoms. The third-order valence-corrected chi connectivity index (χ3v) is 3.46. The van der Waals surface area contributed by atoms with Gasteiger partial charge in [0.25, 0.3) is 0 Å². The Balaban J connectivity index is 1.62. The monoisotopic (exact) mass is 256 g/mol. The first-order valence-electron chi connectivity index (χ1n) is 6.48. The molecule has 2 aliphatic rings. The van der Waals surface area contributed by atoms with Crippen LogP contribution in [0.25, 0.3) is 0 Å². The normalized spacial score (nSPS) is 22.1. The van der Waals surface area contributed by atoms with Crippen molar-refractivity contribution in [3.05, 3.63) is 0 Å². The summed E-state index contributed by atoms with van der Waals surface area (Å²) in [7, 11) is 0. The van der Waals surface area contributed by atoms with E-state index in [-0.39, 0.29) is 12.2 Å². The van der Waals surface area contributed by atoms with Gasteiger partial charge in [-0.05, 0) is 13.1 Å². The maximum absolute atomic E-state index is 11.4. The van der Waals surface area contributed by atoms with E-state index >= 15 is 0 Å². The fourth-order valence-corrected chi connectivity index (χ4v) is 2.11. The van der Waals surface area contributed by atoms with Crippen LogP contribution in [0.15, 0.2) is 0 Å². The van der Waals surface area contributed by atoms with Crippen molar-refractivity contribution in [1.82, 2.24) is 9.80 Å². The lowest BCUT2D eigenvalue weighted by molar-refractivity contribution is -0.182. The molecule has 0 amide bonds. The average molecular weight is 256 g/mol. The standard InChI is InChI=1S/C12H20N2O4/c1-3-13-5-9(6-13)17-11(15)12(16)18-10-7-14(4-2)8-10/h9-10H,3-8H2,1-2H3. The lowest BCUT2D eigenvalue weighted by Gasteiger charge is -2.38. The Morgan fingerprint density at radius 1 is 0.889 bits per heavy atom. The van der Waals surface area contributed by atoms with Crippen LogP contribution in [-0.2, 0) is 19.1 Å². The summed E-state index contributed by atoms with van der Waals surface area (Å²) in [4.78, 5) is 27.1. The lowest BCUT2D eigenvalue weighted by atomic mass is 10.2. The Morgan fingerprint density at radius 3 is 1.50 bits per heavy atom. The van der Waals surface area contributed by atoms with Crippen molar-refractivity contribution in [2.75, 3.05) is 39.3 Å². The zero-order valence-corrected chi connectivity index (χ0v) is 10.9. The molecule has 102 valence electrons. The summed E-state index contributed by atoms with van der Waals surface area (Å²) < 4.78 is 10.1. The van der Waals surface area contributed by atoms with Crippen LogP contribution in [-0.4, -0.2) is 73.2 Å². The Hall–Kier alpha value is -1.14. The Bertz CT molecular complexity index is 290. The second kappa shape index (κ2) is 5.67. The van der Waals surface area contributed by atoms with E-state index in [9.17, 15) is 9.59 Å². The number of likely N-dealkylation sites (tertiary alicyclic amines) is 2. The van der Waals surface area contributed by atoms with Gasteiger partial charge in [0, 0.05) is 26.2 Å². The fraction of sp³-hybridized carbons (Fsp3) is 0.833. The van der Waals surface area contributed by atoms with Crippen LogP contribution in [0.3, 0.4) is 0 Å². The molecule has 0 N–H and O–H groups in total. The Labute approximate surface area is 107 Å². The number of ether oxygens (including phenoxy) is 2. The number of hydrogen-bond acceptors (Lipinski definition) is 6. The predicted molar refractivity (Wildman–Crippen MR) is 64.0 cm³/mol. The summed E-state index contributed by atoms with van der Waals surface area (Å²) in [5, 5.41) is 0. The molecular formula is C12H20N2O4. The highest BCUT2D eigenvalue weighted by atomic mass is 16.6. The van der Waals surface area contributed by atoms with E-state index in [1.54, 1.807) is 0 Å². The van der Waals surface area contributed by atoms with Gasteiger partial charge < -0.3 is 9.47 Å². The zero-order chi connectivity index (χ0) is 13.1.